The average Bonchev–Trinajstić information content (AvgIpc) is 1.67. The lowest BCUT2D eigenvalue weighted by molar-refractivity contribution is -0.259. The van der Waals surface area contributed by atoms with Crippen molar-refractivity contribution in [2.45, 2.75) is 42.0 Å². The number of rotatable bonds is 3. The fourth-order valence-corrected chi connectivity index (χ4v) is 0.277. The van der Waals surface area contributed by atoms with Crippen molar-refractivity contribution < 1.29 is 10.1 Å². The van der Waals surface area contributed by atoms with Crippen LogP contribution in [0.2, 0.25) is 0 Å². The summed E-state index contributed by atoms with van der Waals surface area (Å²) in [5, 5.41) is 8.03. The van der Waals surface area contributed by atoms with Gasteiger partial charge in [0.1, 0.15) is 0 Å². The van der Waals surface area contributed by atoms with Crippen LogP contribution in [0.1, 0.15) is 42.0 Å². The first-order valence-corrected chi connectivity index (χ1v) is 2.89. The van der Waals surface area contributed by atoms with Crippen molar-refractivity contribution in [2.24, 2.45) is 5.41 Å². The molecule has 2 nitrogen and oxygen atoms in total. The Bertz CT molecular complexity index is 60.3. The van der Waals surface area contributed by atoms with Crippen molar-refractivity contribution >= 4 is 0 Å². The fraction of sp³-hybridized carbons (Fsp3) is 1.00. The summed E-state index contributed by atoms with van der Waals surface area (Å²) in [5.74, 6) is 0. The second-order valence-corrected chi connectivity index (χ2v) is 2.79. The minimum absolute atomic E-state index is 0. The van der Waals surface area contributed by atoms with E-state index in [9.17, 15) is 0 Å². The van der Waals surface area contributed by atoms with E-state index in [0.717, 1.165) is 6.42 Å². The first kappa shape index (κ1) is 16.5. The largest absolute Gasteiger partial charge is 0.252 e. The van der Waals surface area contributed by atoms with E-state index < -0.39 is 0 Å². The second kappa shape index (κ2) is 7.03. The molecule has 0 aromatic carbocycles. The molecule has 0 radical (unpaired) electrons. The molecular weight excluding hydrogens is 128 g/mol. The van der Waals surface area contributed by atoms with Gasteiger partial charge in [-0.15, -0.1) is 0 Å². The Morgan fingerprint density at radius 2 is 1.70 bits per heavy atom. The number of hydrogen-bond acceptors (Lipinski definition) is 2. The monoisotopic (exact) mass is 150 g/mol. The maximum atomic E-state index is 8.03. The van der Waals surface area contributed by atoms with Gasteiger partial charge in [-0.1, -0.05) is 35.6 Å². The molecule has 0 fully saturated rings. The van der Waals surface area contributed by atoms with E-state index in [1.54, 1.807) is 0 Å². The second-order valence-electron chi connectivity index (χ2n) is 2.79. The van der Waals surface area contributed by atoms with Crippen LogP contribution in [0.3, 0.4) is 0 Å². The molecule has 0 atom stereocenters. The zero-order chi connectivity index (χ0) is 6.62. The predicted octanol–water partition coefficient (Wildman–Crippen LogP) is 3.18. The summed E-state index contributed by atoms with van der Waals surface area (Å²) in [5.41, 5.74) is 0.120. The molecule has 10 heavy (non-hydrogen) atoms. The van der Waals surface area contributed by atoms with Crippen molar-refractivity contribution in [3.8, 4) is 0 Å². The van der Waals surface area contributed by atoms with Crippen LogP contribution in [0.25, 0.3) is 0 Å². The van der Waals surface area contributed by atoms with Crippen molar-refractivity contribution in [1.82, 2.24) is 0 Å². The van der Waals surface area contributed by atoms with Crippen LogP contribution in [0.15, 0.2) is 0 Å². The summed E-state index contributed by atoms with van der Waals surface area (Å²) in [6.45, 7) is 6.58. The normalized spacial score (nSPS) is 9.60. The third-order valence-electron chi connectivity index (χ3n) is 1.41. The van der Waals surface area contributed by atoms with E-state index >= 15 is 0 Å². The van der Waals surface area contributed by atoms with Crippen molar-refractivity contribution in [3.63, 3.8) is 0 Å². The molecular formula is C8H22O2. The van der Waals surface area contributed by atoms with Gasteiger partial charge < -0.3 is 0 Å². The highest BCUT2D eigenvalue weighted by Gasteiger charge is 2.14. The zero-order valence-electron chi connectivity index (χ0n) is 5.77. The lowest BCUT2D eigenvalue weighted by Gasteiger charge is -2.18. The van der Waals surface area contributed by atoms with Gasteiger partial charge >= 0.3 is 0 Å². The van der Waals surface area contributed by atoms with Gasteiger partial charge in [0.2, 0.25) is 0 Å². The lowest BCUT2D eigenvalue weighted by atomic mass is 9.92. The highest BCUT2D eigenvalue weighted by molar-refractivity contribution is 4.63. The van der Waals surface area contributed by atoms with E-state index in [0.29, 0.717) is 6.61 Å². The van der Waals surface area contributed by atoms with Gasteiger partial charge in [-0.25, -0.2) is 4.89 Å². The molecule has 0 aliphatic rings. The van der Waals surface area contributed by atoms with E-state index in [1.165, 1.54) is 0 Å². The van der Waals surface area contributed by atoms with Gasteiger partial charge in [-0.2, -0.15) is 0 Å². The Morgan fingerprint density at radius 3 is 1.80 bits per heavy atom. The average molecular weight is 150 g/mol. The maximum absolute atomic E-state index is 8.03. The first-order chi connectivity index (χ1) is 3.62. The van der Waals surface area contributed by atoms with Crippen molar-refractivity contribution in [3.05, 3.63) is 0 Å². The number of hydrogen-bond donors (Lipinski definition) is 1. The van der Waals surface area contributed by atoms with Gasteiger partial charge in [0.25, 0.3) is 0 Å². The van der Waals surface area contributed by atoms with Crippen LogP contribution in [0.4, 0.5) is 0 Å². The highest BCUT2D eigenvalue weighted by Crippen LogP contribution is 2.18. The molecule has 0 saturated heterocycles. The Labute approximate surface area is 65.1 Å². The summed E-state index contributed by atoms with van der Waals surface area (Å²) >= 11 is 0. The quantitative estimate of drug-likeness (QED) is 0.494. The molecule has 0 bridgehead atoms. The summed E-state index contributed by atoms with van der Waals surface area (Å²) in [7, 11) is 0. The summed E-state index contributed by atoms with van der Waals surface area (Å²) in [6.07, 6.45) is 1.02. The Hall–Kier alpha value is -0.0800. The lowest BCUT2D eigenvalue weighted by Crippen LogP contribution is -2.16. The molecule has 0 aliphatic heterocycles. The minimum Gasteiger partial charge on any atom is -0.252 e. The van der Waals surface area contributed by atoms with Crippen molar-refractivity contribution in [2.75, 3.05) is 6.61 Å². The van der Waals surface area contributed by atoms with E-state index in [-0.39, 0.29) is 20.3 Å². The van der Waals surface area contributed by atoms with Crippen LogP contribution in [0, 0.1) is 5.41 Å². The Balaban J connectivity index is -0.000000245. The highest BCUT2D eigenvalue weighted by atomic mass is 17.1. The summed E-state index contributed by atoms with van der Waals surface area (Å²) in [4.78, 5) is 4.00. The van der Waals surface area contributed by atoms with Crippen molar-refractivity contribution in [1.29, 1.82) is 0 Å². The molecule has 0 saturated carbocycles. The van der Waals surface area contributed by atoms with Gasteiger partial charge in [0.15, 0.2) is 0 Å². The molecule has 0 unspecified atom stereocenters. The molecule has 0 aliphatic carbocycles. The standard InChI is InChI=1S/C6H14O2.2CH4/c1-4-6(2,3)5-8-7;;/h7H,4-5H2,1-3H3;2*1H4. The minimum atomic E-state index is 0. The van der Waals surface area contributed by atoms with Gasteiger partial charge in [-0.3, -0.25) is 5.26 Å². The fourth-order valence-electron chi connectivity index (χ4n) is 0.277. The van der Waals surface area contributed by atoms with Gasteiger partial charge in [-0.05, 0) is 11.8 Å². The van der Waals surface area contributed by atoms with Crippen LogP contribution in [-0.2, 0) is 4.89 Å². The Kier molecular flexibility index (Phi) is 11.6. The maximum Gasteiger partial charge on any atom is 0.0870 e. The van der Waals surface area contributed by atoms with Gasteiger partial charge in [0.05, 0.1) is 6.61 Å². The smallest absolute Gasteiger partial charge is 0.0870 e. The molecule has 0 spiro atoms. The van der Waals surface area contributed by atoms with Crippen LogP contribution >= 0.6 is 0 Å². The molecule has 0 heterocycles. The molecule has 0 rings (SSSR count). The van der Waals surface area contributed by atoms with E-state index in [4.69, 9.17) is 5.26 Å². The predicted molar refractivity (Wildman–Crippen MR) is 46.1 cm³/mol. The molecule has 0 amide bonds. The zero-order valence-corrected chi connectivity index (χ0v) is 5.77. The SMILES string of the molecule is C.C.CCC(C)(C)COO. The molecule has 0 aromatic heterocycles. The van der Waals surface area contributed by atoms with Gasteiger partial charge in [0, 0.05) is 0 Å². The van der Waals surface area contributed by atoms with Crippen LogP contribution in [0.5, 0.6) is 0 Å². The first-order valence-electron chi connectivity index (χ1n) is 2.89. The molecule has 66 valence electrons. The molecule has 1 N–H and O–H groups in total. The third kappa shape index (κ3) is 7.92. The summed E-state index contributed by atoms with van der Waals surface area (Å²) in [6, 6.07) is 0. The molecule has 2 heteroatoms. The van der Waals surface area contributed by atoms with E-state index in [1.807, 2.05) is 13.8 Å². The Morgan fingerprint density at radius 1 is 1.30 bits per heavy atom. The van der Waals surface area contributed by atoms with E-state index in [2.05, 4.69) is 11.8 Å². The van der Waals surface area contributed by atoms with Crippen LogP contribution < -0.4 is 0 Å². The van der Waals surface area contributed by atoms with Crippen LogP contribution in [-0.4, -0.2) is 11.9 Å². The summed E-state index contributed by atoms with van der Waals surface area (Å²) < 4.78 is 0. The third-order valence-corrected chi connectivity index (χ3v) is 1.41. The molecule has 0 aromatic rings. The topological polar surface area (TPSA) is 29.5 Å².